The monoisotopic (exact) mass is 251 g/mol. The Hall–Kier alpha value is -2.43. The first kappa shape index (κ1) is 10.5. The van der Waals surface area contributed by atoms with Crippen LogP contribution in [-0.2, 0) is 13.1 Å². The van der Waals surface area contributed by atoms with Crippen LogP contribution < -0.4 is 4.90 Å². The van der Waals surface area contributed by atoms with Gasteiger partial charge in [0.05, 0.1) is 11.6 Å². The van der Waals surface area contributed by atoms with Gasteiger partial charge >= 0.3 is 0 Å². The maximum atomic E-state index is 4.42. The summed E-state index contributed by atoms with van der Waals surface area (Å²) in [5.74, 6) is 0.951. The number of nitrogens with zero attached hydrogens (tertiary/aromatic N) is 4. The average Bonchev–Trinajstić information content (AvgIpc) is 3.03. The lowest BCUT2D eigenvalue weighted by Crippen LogP contribution is -2.16. The summed E-state index contributed by atoms with van der Waals surface area (Å²) < 4.78 is 0. The average molecular weight is 251 g/mol. The van der Waals surface area contributed by atoms with Crippen molar-refractivity contribution in [2.45, 2.75) is 20.0 Å². The Morgan fingerprint density at radius 3 is 3.00 bits per heavy atom. The summed E-state index contributed by atoms with van der Waals surface area (Å²) in [6, 6.07) is 6.62. The fraction of sp³-hybridized carbons (Fsp3) is 0.214. The molecule has 94 valence electrons. The normalized spacial score (nSPS) is 14.1. The van der Waals surface area contributed by atoms with Gasteiger partial charge in [0.15, 0.2) is 5.65 Å². The van der Waals surface area contributed by atoms with Gasteiger partial charge in [-0.1, -0.05) is 23.8 Å². The molecular weight excluding hydrogens is 238 g/mol. The molecule has 5 nitrogen and oxygen atoms in total. The summed E-state index contributed by atoms with van der Waals surface area (Å²) in [5.41, 5.74) is 4.85. The van der Waals surface area contributed by atoms with E-state index in [1.54, 1.807) is 12.5 Å². The van der Waals surface area contributed by atoms with Crippen molar-refractivity contribution in [3.05, 3.63) is 47.4 Å². The van der Waals surface area contributed by atoms with Gasteiger partial charge in [-0.2, -0.15) is 5.10 Å². The maximum Gasteiger partial charge on any atom is 0.160 e. The van der Waals surface area contributed by atoms with Crippen molar-refractivity contribution in [1.29, 1.82) is 0 Å². The Morgan fingerprint density at radius 1 is 1.16 bits per heavy atom. The van der Waals surface area contributed by atoms with Crippen molar-refractivity contribution in [1.82, 2.24) is 20.2 Å². The number of fused-ring (bicyclic) bond motifs is 2. The Labute approximate surface area is 110 Å². The zero-order valence-corrected chi connectivity index (χ0v) is 10.6. The molecule has 1 aromatic carbocycles. The molecule has 2 aromatic heterocycles. The van der Waals surface area contributed by atoms with Crippen LogP contribution in [-0.4, -0.2) is 20.2 Å². The number of nitrogens with one attached hydrogen (secondary N) is 1. The second-order valence-electron chi connectivity index (χ2n) is 4.96. The minimum Gasteiger partial charge on any atom is -0.347 e. The summed E-state index contributed by atoms with van der Waals surface area (Å²) in [7, 11) is 0. The number of benzene rings is 1. The highest BCUT2D eigenvalue weighted by Crippen LogP contribution is 2.30. The molecule has 1 aliphatic heterocycles. The fourth-order valence-electron chi connectivity index (χ4n) is 2.68. The second kappa shape index (κ2) is 3.78. The van der Waals surface area contributed by atoms with E-state index in [2.05, 4.69) is 50.2 Å². The Bertz CT molecular complexity index is 761. The first-order chi connectivity index (χ1) is 9.31. The Kier molecular flexibility index (Phi) is 2.09. The molecule has 0 radical (unpaired) electrons. The largest absolute Gasteiger partial charge is 0.347 e. The molecule has 3 heterocycles. The van der Waals surface area contributed by atoms with Crippen LogP contribution in [0.2, 0.25) is 0 Å². The molecule has 0 amide bonds. The van der Waals surface area contributed by atoms with Crippen molar-refractivity contribution in [2.24, 2.45) is 0 Å². The molecule has 0 saturated carbocycles. The number of hydrogen-bond acceptors (Lipinski definition) is 4. The van der Waals surface area contributed by atoms with E-state index in [4.69, 9.17) is 0 Å². The zero-order valence-electron chi connectivity index (χ0n) is 10.6. The fourth-order valence-corrected chi connectivity index (χ4v) is 2.68. The minimum atomic E-state index is 0.789. The molecule has 0 atom stereocenters. The summed E-state index contributed by atoms with van der Waals surface area (Å²) in [6.07, 6.45) is 3.38. The van der Waals surface area contributed by atoms with Gasteiger partial charge in [0.25, 0.3) is 0 Å². The third-order valence-electron chi connectivity index (χ3n) is 3.61. The number of aromatic amines is 1. The predicted molar refractivity (Wildman–Crippen MR) is 72.7 cm³/mol. The van der Waals surface area contributed by atoms with Crippen LogP contribution in [0.4, 0.5) is 5.82 Å². The van der Waals surface area contributed by atoms with Crippen molar-refractivity contribution in [3.63, 3.8) is 0 Å². The van der Waals surface area contributed by atoms with Crippen molar-refractivity contribution in [3.8, 4) is 0 Å². The van der Waals surface area contributed by atoms with E-state index in [0.29, 0.717) is 0 Å². The van der Waals surface area contributed by atoms with E-state index in [9.17, 15) is 0 Å². The molecule has 1 aliphatic rings. The molecule has 0 unspecified atom stereocenters. The Balaban J connectivity index is 1.78. The maximum absolute atomic E-state index is 4.42. The summed E-state index contributed by atoms with van der Waals surface area (Å²) in [6.45, 7) is 3.92. The SMILES string of the molecule is Cc1ccc2c(c1)CN(c1ncnc3[nH]ncc13)C2. The molecule has 19 heavy (non-hydrogen) atoms. The lowest BCUT2D eigenvalue weighted by Gasteiger charge is -2.16. The van der Waals surface area contributed by atoms with Crippen LogP contribution in [0.25, 0.3) is 11.0 Å². The third kappa shape index (κ3) is 1.58. The van der Waals surface area contributed by atoms with Gasteiger partial charge in [-0.15, -0.1) is 0 Å². The smallest absolute Gasteiger partial charge is 0.160 e. The van der Waals surface area contributed by atoms with Gasteiger partial charge in [-0.3, -0.25) is 5.10 Å². The van der Waals surface area contributed by atoms with Crippen LogP contribution in [0.5, 0.6) is 0 Å². The highest BCUT2D eigenvalue weighted by molar-refractivity contribution is 5.86. The van der Waals surface area contributed by atoms with Gasteiger partial charge in [-0.05, 0) is 18.1 Å². The van der Waals surface area contributed by atoms with E-state index >= 15 is 0 Å². The van der Waals surface area contributed by atoms with Crippen LogP contribution >= 0.6 is 0 Å². The highest BCUT2D eigenvalue weighted by atomic mass is 15.2. The molecule has 3 aromatic rings. The van der Waals surface area contributed by atoms with Gasteiger partial charge in [0.2, 0.25) is 0 Å². The van der Waals surface area contributed by atoms with Crippen LogP contribution in [0.1, 0.15) is 16.7 Å². The standard InChI is InChI=1S/C14H13N5/c1-9-2-3-10-6-19(7-11(10)4-9)14-12-5-17-18-13(12)15-8-16-14/h2-5,8H,6-7H2,1H3,(H,15,16,17,18). The number of aromatic nitrogens is 4. The lowest BCUT2D eigenvalue weighted by molar-refractivity contribution is 0.859. The zero-order chi connectivity index (χ0) is 12.8. The highest BCUT2D eigenvalue weighted by Gasteiger charge is 2.22. The van der Waals surface area contributed by atoms with Crippen molar-refractivity contribution in [2.75, 3.05) is 4.90 Å². The van der Waals surface area contributed by atoms with Crippen LogP contribution in [0.3, 0.4) is 0 Å². The first-order valence-corrected chi connectivity index (χ1v) is 6.29. The molecule has 0 saturated heterocycles. The molecule has 0 spiro atoms. The van der Waals surface area contributed by atoms with E-state index in [1.807, 2.05) is 0 Å². The molecule has 0 fully saturated rings. The van der Waals surface area contributed by atoms with Crippen molar-refractivity contribution >= 4 is 16.9 Å². The van der Waals surface area contributed by atoms with E-state index in [1.165, 1.54) is 16.7 Å². The van der Waals surface area contributed by atoms with Crippen LogP contribution in [0, 0.1) is 6.92 Å². The number of anilines is 1. The summed E-state index contributed by atoms with van der Waals surface area (Å²) in [4.78, 5) is 10.9. The van der Waals surface area contributed by atoms with Crippen LogP contribution in [0.15, 0.2) is 30.7 Å². The number of hydrogen-bond donors (Lipinski definition) is 1. The van der Waals surface area contributed by atoms with E-state index in [-0.39, 0.29) is 0 Å². The quantitative estimate of drug-likeness (QED) is 0.720. The summed E-state index contributed by atoms with van der Waals surface area (Å²) in [5, 5.41) is 7.91. The second-order valence-corrected chi connectivity index (χ2v) is 4.96. The van der Waals surface area contributed by atoms with Crippen molar-refractivity contribution < 1.29 is 0 Å². The molecule has 5 heteroatoms. The first-order valence-electron chi connectivity index (χ1n) is 6.29. The Morgan fingerprint density at radius 2 is 2.05 bits per heavy atom. The summed E-state index contributed by atoms with van der Waals surface area (Å²) >= 11 is 0. The molecule has 0 aliphatic carbocycles. The molecule has 4 rings (SSSR count). The number of rotatable bonds is 1. The van der Waals surface area contributed by atoms with Gasteiger partial charge < -0.3 is 4.90 Å². The van der Waals surface area contributed by atoms with Gasteiger partial charge in [0, 0.05) is 13.1 Å². The van der Waals surface area contributed by atoms with Gasteiger partial charge in [0.1, 0.15) is 12.1 Å². The number of H-pyrrole nitrogens is 1. The van der Waals surface area contributed by atoms with E-state index in [0.717, 1.165) is 29.9 Å². The lowest BCUT2D eigenvalue weighted by atomic mass is 10.1. The van der Waals surface area contributed by atoms with E-state index < -0.39 is 0 Å². The van der Waals surface area contributed by atoms with Gasteiger partial charge in [-0.25, -0.2) is 9.97 Å². The predicted octanol–water partition coefficient (Wildman–Crippen LogP) is 2.18. The molecular formula is C14H13N5. The molecule has 1 N–H and O–H groups in total. The molecule has 0 bridgehead atoms. The number of aryl methyl sites for hydroxylation is 1. The minimum absolute atomic E-state index is 0.789. The third-order valence-corrected chi connectivity index (χ3v) is 3.61. The topological polar surface area (TPSA) is 57.7 Å².